The molecule has 2 fully saturated rings. The van der Waals surface area contributed by atoms with Crippen molar-refractivity contribution in [3.8, 4) is 5.75 Å². The van der Waals surface area contributed by atoms with E-state index in [1.54, 1.807) is 12.1 Å². The molecule has 7 heteroatoms. The number of carbonyl (C=O) groups is 1. The Kier molecular flexibility index (Phi) is 5.32. The van der Waals surface area contributed by atoms with Gasteiger partial charge in [0.1, 0.15) is 17.1 Å². The summed E-state index contributed by atoms with van der Waals surface area (Å²) >= 11 is 0. The molecule has 0 radical (unpaired) electrons. The number of aromatic nitrogens is 2. The van der Waals surface area contributed by atoms with E-state index in [9.17, 15) is 4.79 Å². The van der Waals surface area contributed by atoms with E-state index in [0.717, 1.165) is 17.2 Å². The van der Waals surface area contributed by atoms with Gasteiger partial charge in [-0.2, -0.15) is 4.98 Å². The van der Waals surface area contributed by atoms with Crippen LogP contribution in [0.25, 0.3) is 0 Å². The molecule has 148 valence electrons. The number of carbonyl (C=O) groups excluding carboxylic acids is 1. The highest BCUT2D eigenvalue weighted by Gasteiger charge is 2.27. The molecule has 1 heterocycles. The Labute approximate surface area is 164 Å². The normalized spacial score (nSPS) is 16.6. The SMILES string of the molecule is COC(=O)c1ccc(Nc2cc(C3CC3)nc(NC3CCCC3)n2)cc1OC. The molecular weight excluding hydrogens is 356 g/mol. The summed E-state index contributed by atoms with van der Waals surface area (Å²) in [4.78, 5) is 21.2. The summed E-state index contributed by atoms with van der Waals surface area (Å²) in [6.07, 6.45) is 7.23. The van der Waals surface area contributed by atoms with Crippen molar-refractivity contribution in [2.75, 3.05) is 24.9 Å². The number of benzene rings is 1. The Morgan fingerprint density at radius 3 is 2.54 bits per heavy atom. The number of nitrogens with one attached hydrogen (secondary N) is 2. The van der Waals surface area contributed by atoms with Crippen LogP contribution in [0.15, 0.2) is 24.3 Å². The molecule has 2 aromatic rings. The minimum absolute atomic E-state index is 0.389. The maximum Gasteiger partial charge on any atom is 0.341 e. The van der Waals surface area contributed by atoms with Gasteiger partial charge in [0.2, 0.25) is 5.95 Å². The second-order valence-electron chi connectivity index (χ2n) is 7.43. The van der Waals surface area contributed by atoms with Crippen LogP contribution in [0.5, 0.6) is 5.75 Å². The van der Waals surface area contributed by atoms with E-state index in [4.69, 9.17) is 14.5 Å². The lowest BCUT2D eigenvalue weighted by Crippen LogP contribution is -2.17. The Hall–Kier alpha value is -2.83. The first-order chi connectivity index (χ1) is 13.7. The number of rotatable bonds is 7. The van der Waals surface area contributed by atoms with Crippen molar-refractivity contribution in [2.24, 2.45) is 0 Å². The molecule has 2 saturated carbocycles. The minimum Gasteiger partial charge on any atom is -0.496 e. The first-order valence-electron chi connectivity index (χ1n) is 9.85. The molecule has 0 bridgehead atoms. The van der Waals surface area contributed by atoms with Crippen molar-refractivity contribution in [3.63, 3.8) is 0 Å². The quantitative estimate of drug-likeness (QED) is 0.693. The molecule has 0 saturated heterocycles. The molecule has 0 aliphatic heterocycles. The van der Waals surface area contributed by atoms with Crippen LogP contribution < -0.4 is 15.4 Å². The van der Waals surface area contributed by atoms with Crippen LogP contribution in [0.2, 0.25) is 0 Å². The van der Waals surface area contributed by atoms with Gasteiger partial charge in [-0.05, 0) is 37.8 Å². The van der Waals surface area contributed by atoms with Crippen LogP contribution in [0.3, 0.4) is 0 Å². The van der Waals surface area contributed by atoms with E-state index >= 15 is 0 Å². The van der Waals surface area contributed by atoms with Gasteiger partial charge >= 0.3 is 5.97 Å². The molecule has 0 unspecified atom stereocenters. The minimum atomic E-state index is -0.426. The summed E-state index contributed by atoms with van der Waals surface area (Å²) in [6, 6.07) is 7.75. The Morgan fingerprint density at radius 1 is 1.07 bits per heavy atom. The summed E-state index contributed by atoms with van der Waals surface area (Å²) in [7, 11) is 2.89. The summed E-state index contributed by atoms with van der Waals surface area (Å²) in [6.45, 7) is 0. The first kappa shape index (κ1) is 18.5. The summed E-state index contributed by atoms with van der Waals surface area (Å²) in [5.74, 6) is 1.99. The Balaban J connectivity index is 1.58. The molecule has 7 nitrogen and oxygen atoms in total. The van der Waals surface area contributed by atoms with E-state index < -0.39 is 5.97 Å². The van der Waals surface area contributed by atoms with Gasteiger partial charge in [0.25, 0.3) is 0 Å². The van der Waals surface area contributed by atoms with E-state index in [-0.39, 0.29) is 0 Å². The Morgan fingerprint density at radius 2 is 1.86 bits per heavy atom. The van der Waals surface area contributed by atoms with Crippen molar-refractivity contribution in [2.45, 2.75) is 50.5 Å². The molecule has 1 aromatic heterocycles. The lowest BCUT2D eigenvalue weighted by Gasteiger charge is -2.15. The maximum absolute atomic E-state index is 11.8. The van der Waals surface area contributed by atoms with Gasteiger partial charge < -0.3 is 20.1 Å². The van der Waals surface area contributed by atoms with Crippen molar-refractivity contribution < 1.29 is 14.3 Å². The summed E-state index contributed by atoms with van der Waals surface area (Å²) in [5, 5.41) is 6.82. The molecule has 0 atom stereocenters. The second-order valence-corrected chi connectivity index (χ2v) is 7.43. The van der Waals surface area contributed by atoms with Crippen LogP contribution in [0.4, 0.5) is 17.5 Å². The lowest BCUT2D eigenvalue weighted by molar-refractivity contribution is 0.0597. The molecule has 28 heavy (non-hydrogen) atoms. The van der Waals surface area contributed by atoms with Gasteiger partial charge in [-0.25, -0.2) is 9.78 Å². The fourth-order valence-electron chi connectivity index (χ4n) is 3.63. The van der Waals surface area contributed by atoms with Crippen LogP contribution in [0.1, 0.15) is 60.5 Å². The number of ether oxygens (including phenoxy) is 2. The number of anilines is 3. The van der Waals surface area contributed by atoms with E-state index in [0.29, 0.717) is 29.2 Å². The van der Waals surface area contributed by atoms with Gasteiger partial charge in [0, 0.05) is 29.8 Å². The number of hydrogen-bond donors (Lipinski definition) is 2. The average Bonchev–Trinajstić information content (AvgIpc) is 3.45. The van der Waals surface area contributed by atoms with E-state index in [1.807, 2.05) is 12.1 Å². The highest BCUT2D eigenvalue weighted by atomic mass is 16.5. The van der Waals surface area contributed by atoms with E-state index in [1.165, 1.54) is 52.7 Å². The fraction of sp³-hybridized carbons (Fsp3) is 0.476. The standard InChI is InChI=1S/C21H26N4O3/c1-27-18-11-15(9-10-16(18)20(26)28-2)22-19-12-17(13-7-8-13)24-21(25-19)23-14-5-3-4-6-14/h9-14H,3-8H2,1-2H3,(H2,22,23,24,25). The number of esters is 1. The molecule has 2 aliphatic carbocycles. The zero-order chi connectivity index (χ0) is 19.5. The van der Waals surface area contributed by atoms with Crippen molar-refractivity contribution in [3.05, 3.63) is 35.5 Å². The van der Waals surface area contributed by atoms with Gasteiger partial charge in [-0.3, -0.25) is 0 Å². The molecule has 0 spiro atoms. The zero-order valence-electron chi connectivity index (χ0n) is 16.3. The first-order valence-corrected chi connectivity index (χ1v) is 9.85. The molecule has 1 aromatic carbocycles. The topological polar surface area (TPSA) is 85.4 Å². The molecule has 2 aliphatic rings. The lowest BCUT2D eigenvalue weighted by atomic mass is 10.1. The average molecular weight is 382 g/mol. The highest BCUT2D eigenvalue weighted by molar-refractivity contribution is 5.93. The zero-order valence-corrected chi connectivity index (χ0v) is 16.3. The number of methoxy groups -OCH3 is 2. The van der Waals surface area contributed by atoms with Crippen molar-refractivity contribution in [1.82, 2.24) is 9.97 Å². The van der Waals surface area contributed by atoms with Crippen LogP contribution in [0, 0.1) is 0 Å². The number of nitrogens with zero attached hydrogens (tertiary/aromatic N) is 2. The Bertz CT molecular complexity index is 861. The monoisotopic (exact) mass is 382 g/mol. The highest BCUT2D eigenvalue weighted by Crippen LogP contribution is 2.40. The summed E-state index contributed by atoms with van der Waals surface area (Å²) in [5.41, 5.74) is 2.26. The number of hydrogen-bond acceptors (Lipinski definition) is 7. The predicted molar refractivity (Wildman–Crippen MR) is 108 cm³/mol. The fourth-order valence-corrected chi connectivity index (χ4v) is 3.63. The third-order valence-corrected chi connectivity index (χ3v) is 5.31. The molecule has 4 rings (SSSR count). The largest absolute Gasteiger partial charge is 0.496 e. The third-order valence-electron chi connectivity index (χ3n) is 5.31. The van der Waals surface area contributed by atoms with Crippen LogP contribution >= 0.6 is 0 Å². The summed E-state index contributed by atoms with van der Waals surface area (Å²) < 4.78 is 10.1. The van der Waals surface area contributed by atoms with Crippen LogP contribution in [-0.4, -0.2) is 36.2 Å². The van der Waals surface area contributed by atoms with Gasteiger partial charge in [-0.15, -0.1) is 0 Å². The predicted octanol–water partition coefficient (Wildman–Crippen LogP) is 4.25. The molecule has 0 amide bonds. The van der Waals surface area contributed by atoms with Crippen LogP contribution in [-0.2, 0) is 4.74 Å². The van der Waals surface area contributed by atoms with Gasteiger partial charge in [-0.1, -0.05) is 12.8 Å². The van der Waals surface area contributed by atoms with E-state index in [2.05, 4.69) is 15.6 Å². The van der Waals surface area contributed by atoms with Crippen molar-refractivity contribution in [1.29, 1.82) is 0 Å². The molecule has 2 N–H and O–H groups in total. The van der Waals surface area contributed by atoms with Crippen molar-refractivity contribution >= 4 is 23.4 Å². The van der Waals surface area contributed by atoms with Gasteiger partial charge in [0.05, 0.1) is 19.9 Å². The third kappa shape index (κ3) is 4.18. The second kappa shape index (κ2) is 8.04. The smallest absolute Gasteiger partial charge is 0.341 e. The maximum atomic E-state index is 11.8. The van der Waals surface area contributed by atoms with Gasteiger partial charge in [0.15, 0.2) is 0 Å². The molecular formula is C21H26N4O3.